The van der Waals surface area contributed by atoms with Gasteiger partial charge in [-0.25, -0.2) is 0 Å². The summed E-state index contributed by atoms with van der Waals surface area (Å²) in [5.41, 5.74) is 4.17. The predicted molar refractivity (Wildman–Crippen MR) is 125 cm³/mol. The van der Waals surface area contributed by atoms with E-state index in [0.717, 1.165) is 28.2 Å². The molecule has 0 amide bonds. The number of aliphatic carboxylic acids is 1. The van der Waals surface area contributed by atoms with E-state index < -0.39 is 5.97 Å². The van der Waals surface area contributed by atoms with Crippen LogP contribution in [0.1, 0.15) is 17.5 Å². The molecule has 32 heavy (non-hydrogen) atoms. The van der Waals surface area contributed by atoms with Gasteiger partial charge in [0.05, 0.1) is 0 Å². The van der Waals surface area contributed by atoms with Crippen LogP contribution < -0.4 is 9.47 Å². The number of hydrogen-bond acceptors (Lipinski definition) is 3. The van der Waals surface area contributed by atoms with E-state index in [-0.39, 0.29) is 6.42 Å². The SMILES string of the molecule is O=C(O)CCc1ccccc1OCc1cccc(Oc2ccc(-c3ccccc3)cc2)c1. The van der Waals surface area contributed by atoms with Crippen LogP contribution in [0.2, 0.25) is 0 Å². The Morgan fingerprint density at radius 3 is 2.22 bits per heavy atom. The van der Waals surface area contributed by atoms with Crippen molar-refractivity contribution in [3.05, 3.63) is 114 Å². The van der Waals surface area contributed by atoms with E-state index in [0.29, 0.717) is 18.8 Å². The molecule has 0 atom stereocenters. The van der Waals surface area contributed by atoms with Crippen molar-refractivity contribution in [3.8, 4) is 28.4 Å². The zero-order valence-electron chi connectivity index (χ0n) is 17.6. The van der Waals surface area contributed by atoms with Gasteiger partial charge in [0.15, 0.2) is 0 Å². The Balaban J connectivity index is 1.40. The number of hydrogen-bond donors (Lipinski definition) is 1. The minimum absolute atomic E-state index is 0.0762. The number of benzene rings is 4. The summed E-state index contributed by atoms with van der Waals surface area (Å²) in [6, 6.07) is 33.6. The second-order valence-corrected chi connectivity index (χ2v) is 7.43. The van der Waals surface area contributed by atoms with Crippen LogP contribution in [0.4, 0.5) is 0 Å². The number of carbonyl (C=O) groups is 1. The first-order chi connectivity index (χ1) is 15.7. The highest BCUT2D eigenvalue weighted by atomic mass is 16.5. The largest absolute Gasteiger partial charge is 0.489 e. The molecular weight excluding hydrogens is 400 g/mol. The van der Waals surface area contributed by atoms with Gasteiger partial charge in [-0.05, 0) is 59.0 Å². The lowest BCUT2D eigenvalue weighted by molar-refractivity contribution is -0.136. The molecule has 0 saturated heterocycles. The van der Waals surface area contributed by atoms with E-state index in [1.807, 2.05) is 91.0 Å². The Morgan fingerprint density at radius 1 is 0.719 bits per heavy atom. The minimum Gasteiger partial charge on any atom is -0.489 e. The van der Waals surface area contributed by atoms with Crippen LogP contribution in [0.3, 0.4) is 0 Å². The summed E-state index contributed by atoms with van der Waals surface area (Å²) in [4.78, 5) is 10.9. The molecule has 4 rings (SSSR count). The quantitative estimate of drug-likeness (QED) is 0.323. The van der Waals surface area contributed by atoms with Crippen molar-refractivity contribution in [2.24, 2.45) is 0 Å². The van der Waals surface area contributed by atoms with Crippen LogP contribution >= 0.6 is 0 Å². The highest BCUT2D eigenvalue weighted by molar-refractivity contribution is 5.67. The summed E-state index contributed by atoms with van der Waals surface area (Å²) in [6.07, 6.45) is 0.514. The van der Waals surface area contributed by atoms with E-state index in [1.165, 1.54) is 5.56 Å². The summed E-state index contributed by atoms with van der Waals surface area (Å²) >= 11 is 0. The maximum absolute atomic E-state index is 10.9. The van der Waals surface area contributed by atoms with E-state index in [4.69, 9.17) is 14.6 Å². The average Bonchev–Trinajstić information content (AvgIpc) is 2.83. The number of rotatable bonds is 9. The lowest BCUT2D eigenvalue weighted by Gasteiger charge is -2.12. The molecule has 1 N–H and O–H groups in total. The van der Waals surface area contributed by atoms with Crippen LogP contribution in [0, 0.1) is 0 Å². The van der Waals surface area contributed by atoms with Gasteiger partial charge < -0.3 is 14.6 Å². The maximum atomic E-state index is 10.9. The summed E-state index contributed by atoms with van der Waals surface area (Å²) < 4.78 is 12.0. The molecule has 4 aromatic carbocycles. The standard InChI is InChI=1S/C28H24O4/c29-28(30)18-15-24-10-4-5-12-27(24)31-20-21-7-6-11-26(19-21)32-25-16-13-23(14-17-25)22-8-2-1-3-9-22/h1-14,16-17,19H,15,18,20H2,(H,29,30). The van der Waals surface area contributed by atoms with Crippen molar-refractivity contribution in [1.82, 2.24) is 0 Å². The van der Waals surface area contributed by atoms with Crippen molar-refractivity contribution in [2.75, 3.05) is 0 Å². The van der Waals surface area contributed by atoms with Gasteiger partial charge in [-0.15, -0.1) is 0 Å². The first-order valence-corrected chi connectivity index (χ1v) is 10.5. The van der Waals surface area contributed by atoms with Crippen LogP contribution in [0.15, 0.2) is 103 Å². The van der Waals surface area contributed by atoms with Gasteiger partial charge >= 0.3 is 5.97 Å². The Hall–Kier alpha value is -4.05. The second kappa shape index (κ2) is 10.3. The predicted octanol–water partition coefficient (Wildman–Crippen LogP) is 6.74. The van der Waals surface area contributed by atoms with Gasteiger partial charge in [0.25, 0.3) is 0 Å². The summed E-state index contributed by atoms with van der Waals surface area (Å²) in [5, 5.41) is 8.94. The summed E-state index contributed by atoms with van der Waals surface area (Å²) in [6.45, 7) is 0.369. The number of para-hydroxylation sites is 1. The summed E-state index contributed by atoms with van der Waals surface area (Å²) in [5.74, 6) is 1.39. The van der Waals surface area contributed by atoms with Gasteiger partial charge in [0.1, 0.15) is 23.9 Å². The Bertz CT molecular complexity index is 1170. The van der Waals surface area contributed by atoms with Gasteiger partial charge in [0, 0.05) is 6.42 Å². The molecule has 0 fully saturated rings. The molecule has 160 valence electrons. The Morgan fingerprint density at radius 2 is 1.44 bits per heavy atom. The van der Waals surface area contributed by atoms with Gasteiger partial charge in [-0.3, -0.25) is 4.79 Å². The molecule has 0 aliphatic rings. The van der Waals surface area contributed by atoms with E-state index >= 15 is 0 Å². The average molecular weight is 424 g/mol. The molecule has 0 saturated carbocycles. The fourth-order valence-corrected chi connectivity index (χ4v) is 3.43. The van der Waals surface area contributed by atoms with Crippen molar-refractivity contribution >= 4 is 5.97 Å². The number of aryl methyl sites for hydroxylation is 1. The van der Waals surface area contributed by atoms with Gasteiger partial charge in [-0.2, -0.15) is 0 Å². The molecule has 0 aliphatic heterocycles. The monoisotopic (exact) mass is 424 g/mol. The second-order valence-electron chi connectivity index (χ2n) is 7.43. The fourth-order valence-electron chi connectivity index (χ4n) is 3.43. The summed E-state index contributed by atoms with van der Waals surface area (Å²) in [7, 11) is 0. The van der Waals surface area contributed by atoms with E-state index in [2.05, 4.69) is 12.1 Å². The molecule has 0 unspecified atom stereocenters. The molecular formula is C28H24O4. The third kappa shape index (κ3) is 5.76. The first-order valence-electron chi connectivity index (χ1n) is 10.5. The first kappa shape index (κ1) is 21.2. The maximum Gasteiger partial charge on any atom is 0.303 e. The third-order valence-electron chi connectivity index (χ3n) is 5.07. The molecule has 0 aromatic heterocycles. The highest BCUT2D eigenvalue weighted by Crippen LogP contribution is 2.27. The molecule has 4 heteroatoms. The lowest BCUT2D eigenvalue weighted by atomic mass is 10.1. The zero-order valence-corrected chi connectivity index (χ0v) is 17.6. The topological polar surface area (TPSA) is 55.8 Å². The third-order valence-corrected chi connectivity index (χ3v) is 5.07. The zero-order chi connectivity index (χ0) is 22.2. The van der Waals surface area contributed by atoms with E-state index in [1.54, 1.807) is 0 Å². The molecule has 4 aromatic rings. The van der Waals surface area contributed by atoms with Crippen LogP contribution in [0.5, 0.6) is 17.2 Å². The molecule has 0 heterocycles. The molecule has 0 bridgehead atoms. The molecule has 0 spiro atoms. The molecule has 4 nitrogen and oxygen atoms in total. The Labute approximate surface area is 187 Å². The Kier molecular flexibility index (Phi) is 6.83. The lowest BCUT2D eigenvalue weighted by Crippen LogP contribution is -2.02. The van der Waals surface area contributed by atoms with Gasteiger partial charge in [0.2, 0.25) is 0 Å². The highest BCUT2D eigenvalue weighted by Gasteiger charge is 2.07. The van der Waals surface area contributed by atoms with Crippen molar-refractivity contribution in [3.63, 3.8) is 0 Å². The minimum atomic E-state index is -0.818. The number of carboxylic acids is 1. The number of ether oxygens (including phenoxy) is 2. The van der Waals surface area contributed by atoms with E-state index in [9.17, 15) is 4.79 Å². The van der Waals surface area contributed by atoms with Crippen molar-refractivity contribution < 1.29 is 19.4 Å². The van der Waals surface area contributed by atoms with Crippen LogP contribution in [0.25, 0.3) is 11.1 Å². The fraction of sp³-hybridized carbons (Fsp3) is 0.107. The van der Waals surface area contributed by atoms with Crippen molar-refractivity contribution in [1.29, 1.82) is 0 Å². The van der Waals surface area contributed by atoms with Crippen molar-refractivity contribution in [2.45, 2.75) is 19.4 Å². The van der Waals surface area contributed by atoms with Gasteiger partial charge in [-0.1, -0.05) is 72.8 Å². The van der Waals surface area contributed by atoms with Crippen LogP contribution in [-0.4, -0.2) is 11.1 Å². The molecule has 0 radical (unpaired) electrons. The number of carboxylic acid groups (broad SMARTS) is 1. The molecule has 0 aliphatic carbocycles. The normalized spacial score (nSPS) is 10.5. The smallest absolute Gasteiger partial charge is 0.303 e. The van der Waals surface area contributed by atoms with Crippen LogP contribution in [-0.2, 0) is 17.8 Å².